The second-order valence-corrected chi connectivity index (χ2v) is 7.52. The number of amides is 1. The van der Waals surface area contributed by atoms with Gasteiger partial charge in [0, 0.05) is 12.6 Å². The summed E-state index contributed by atoms with van der Waals surface area (Å²) in [5, 5.41) is 13.9. The summed E-state index contributed by atoms with van der Waals surface area (Å²) in [6, 6.07) is 3.81. The molecule has 1 aliphatic rings. The topological polar surface area (TPSA) is 119 Å². The van der Waals surface area contributed by atoms with Crippen LogP contribution in [0, 0.1) is 6.92 Å². The third kappa shape index (κ3) is 5.27. The lowest BCUT2D eigenvalue weighted by Gasteiger charge is -2.27. The minimum Gasteiger partial charge on any atom is -0.496 e. The number of nitrogens with zero attached hydrogens (tertiary/aromatic N) is 6. The van der Waals surface area contributed by atoms with Crippen LogP contribution in [0.5, 0.6) is 11.5 Å². The van der Waals surface area contributed by atoms with Crippen molar-refractivity contribution in [1.29, 1.82) is 0 Å². The average Bonchev–Trinajstić information content (AvgIpc) is 3.19. The first-order chi connectivity index (χ1) is 16.1. The highest BCUT2D eigenvalue weighted by Crippen LogP contribution is 2.30. The molecule has 0 unspecified atom stereocenters. The van der Waals surface area contributed by atoms with Crippen LogP contribution in [0.15, 0.2) is 24.4 Å². The SMILES string of the molecule is COc1ccc(OC(F)(F)F)cc1Cn1cc(CNc2nc(C)c3c(n2)N(C)CC(=O)N3)nn1. The van der Waals surface area contributed by atoms with Crippen LogP contribution in [0.4, 0.5) is 30.6 Å². The van der Waals surface area contributed by atoms with Crippen LogP contribution in [-0.4, -0.2) is 57.9 Å². The molecule has 0 saturated carbocycles. The summed E-state index contributed by atoms with van der Waals surface area (Å²) in [4.78, 5) is 22.3. The predicted octanol–water partition coefficient (Wildman–Crippen LogP) is 2.33. The van der Waals surface area contributed by atoms with E-state index in [9.17, 15) is 18.0 Å². The molecule has 1 aromatic carbocycles. The Balaban J connectivity index is 1.45. The van der Waals surface area contributed by atoms with Crippen molar-refractivity contribution in [2.45, 2.75) is 26.4 Å². The van der Waals surface area contributed by atoms with E-state index in [4.69, 9.17) is 4.74 Å². The number of methoxy groups -OCH3 is 1. The molecule has 0 radical (unpaired) electrons. The van der Waals surface area contributed by atoms with Crippen molar-refractivity contribution < 1.29 is 27.4 Å². The van der Waals surface area contributed by atoms with Gasteiger partial charge in [-0.1, -0.05) is 5.21 Å². The Morgan fingerprint density at radius 1 is 1.26 bits per heavy atom. The van der Waals surface area contributed by atoms with E-state index in [1.54, 1.807) is 25.1 Å². The number of likely N-dealkylation sites (N-methyl/N-ethyl adjacent to an activating group) is 1. The second-order valence-electron chi connectivity index (χ2n) is 7.52. The summed E-state index contributed by atoms with van der Waals surface area (Å²) in [6.45, 7) is 2.33. The third-order valence-electron chi connectivity index (χ3n) is 4.91. The van der Waals surface area contributed by atoms with Crippen molar-refractivity contribution >= 4 is 23.4 Å². The maximum atomic E-state index is 12.5. The number of carbonyl (C=O) groups is 1. The lowest BCUT2D eigenvalue weighted by Crippen LogP contribution is -2.36. The first-order valence-corrected chi connectivity index (χ1v) is 10.1. The molecule has 0 saturated heterocycles. The number of alkyl halides is 3. The Bertz CT molecular complexity index is 1210. The van der Waals surface area contributed by atoms with E-state index in [1.165, 1.54) is 30.0 Å². The standard InChI is InChI=1S/C20H21F3N8O3/c1-11-17-18(30(2)10-16(32)26-17)27-19(25-11)24-7-13-9-31(29-28-13)8-12-6-14(34-20(21,22)23)4-5-15(12)33-3/h4-6,9H,7-8,10H2,1-3H3,(H,26,32)(H,24,25,27). The zero-order valence-electron chi connectivity index (χ0n) is 18.5. The molecular weight excluding hydrogens is 457 g/mol. The molecule has 0 bridgehead atoms. The molecule has 0 spiro atoms. The summed E-state index contributed by atoms with van der Waals surface area (Å²) < 4.78 is 48.3. The second kappa shape index (κ2) is 9.03. The highest BCUT2D eigenvalue weighted by Gasteiger charge is 2.31. The maximum Gasteiger partial charge on any atom is 0.573 e. The van der Waals surface area contributed by atoms with Crippen molar-refractivity contribution in [2.24, 2.45) is 0 Å². The Hall–Kier alpha value is -4.10. The number of hydrogen-bond donors (Lipinski definition) is 2. The number of anilines is 3. The van der Waals surface area contributed by atoms with Crippen LogP contribution in [0.25, 0.3) is 0 Å². The summed E-state index contributed by atoms with van der Waals surface area (Å²) in [6.07, 6.45) is -3.16. The van der Waals surface area contributed by atoms with Crippen LogP contribution in [0.3, 0.4) is 0 Å². The zero-order chi connectivity index (χ0) is 24.5. The maximum absolute atomic E-state index is 12.5. The molecule has 2 aromatic heterocycles. The van der Waals surface area contributed by atoms with E-state index in [1.807, 2.05) is 0 Å². The van der Waals surface area contributed by atoms with Gasteiger partial charge in [0.05, 0.1) is 38.6 Å². The van der Waals surface area contributed by atoms with Gasteiger partial charge in [-0.15, -0.1) is 18.3 Å². The fourth-order valence-electron chi connectivity index (χ4n) is 3.45. The van der Waals surface area contributed by atoms with Crippen LogP contribution in [-0.2, 0) is 17.9 Å². The number of carbonyl (C=O) groups excluding carboxylic acids is 1. The highest BCUT2D eigenvalue weighted by atomic mass is 19.4. The molecule has 1 amide bonds. The number of benzene rings is 1. The number of halogens is 3. The third-order valence-corrected chi connectivity index (χ3v) is 4.91. The van der Waals surface area contributed by atoms with E-state index >= 15 is 0 Å². The number of hydrogen-bond acceptors (Lipinski definition) is 9. The smallest absolute Gasteiger partial charge is 0.496 e. The molecular formula is C20H21F3N8O3. The summed E-state index contributed by atoms with van der Waals surface area (Å²) in [5.41, 5.74) is 2.18. The Labute approximate surface area is 191 Å². The summed E-state index contributed by atoms with van der Waals surface area (Å²) >= 11 is 0. The van der Waals surface area contributed by atoms with Crippen LogP contribution in [0.2, 0.25) is 0 Å². The van der Waals surface area contributed by atoms with E-state index < -0.39 is 6.36 Å². The van der Waals surface area contributed by atoms with Crippen LogP contribution in [0.1, 0.15) is 17.0 Å². The quantitative estimate of drug-likeness (QED) is 0.527. The van der Waals surface area contributed by atoms with Gasteiger partial charge < -0.3 is 25.0 Å². The molecule has 180 valence electrons. The van der Waals surface area contributed by atoms with Gasteiger partial charge in [-0.25, -0.2) is 9.67 Å². The van der Waals surface area contributed by atoms with Crippen molar-refractivity contribution in [2.75, 3.05) is 36.2 Å². The molecule has 1 aliphatic heterocycles. The monoisotopic (exact) mass is 478 g/mol. The molecule has 11 nitrogen and oxygen atoms in total. The first-order valence-electron chi connectivity index (χ1n) is 10.1. The Kier molecular flexibility index (Phi) is 6.13. The fraction of sp³-hybridized carbons (Fsp3) is 0.350. The van der Waals surface area contributed by atoms with Gasteiger partial charge in [0.1, 0.15) is 22.9 Å². The number of rotatable bonds is 7. The minimum absolute atomic E-state index is 0.115. The largest absolute Gasteiger partial charge is 0.573 e. The van der Waals surface area contributed by atoms with Crippen molar-refractivity contribution in [3.63, 3.8) is 0 Å². The van der Waals surface area contributed by atoms with Crippen molar-refractivity contribution in [1.82, 2.24) is 25.0 Å². The summed E-state index contributed by atoms with van der Waals surface area (Å²) in [7, 11) is 3.19. The molecule has 0 atom stereocenters. The van der Waals surface area contributed by atoms with E-state index in [0.29, 0.717) is 40.2 Å². The van der Waals surface area contributed by atoms with Gasteiger partial charge >= 0.3 is 6.36 Å². The molecule has 4 rings (SSSR count). The highest BCUT2D eigenvalue weighted by molar-refractivity contribution is 6.00. The van der Waals surface area contributed by atoms with Gasteiger partial charge in [0.15, 0.2) is 5.82 Å². The normalized spacial score (nSPS) is 13.4. The fourth-order valence-corrected chi connectivity index (χ4v) is 3.45. The molecule has 3 heterocycles. The molecule has 3 aromatic rings. The number of ether oxygens (including phenoxy) is 2. The first kappa shape index (κ1) is 23.1. The van der Waals surface area contributed by atoms with Gasteiger partial charge in [-0.05, 0) is 25.1 Å². The van der Waals surface area contributed by atoms with Crippen molar-refractivity contribution in [3.8, 4) is 11.5 Å². The Morgan fingerprint density at radius 3 is 2.79 bits per heavy atom. The molecule has 2 N–H and O–H groups in total. The molecule has 14 heteroatoms. The minimum atomic E-state index is -4.80. The van der Waals surface area contributed by atoms with Gasteiger partial charge in [-0.2, -0.15) is 4.98 Å². The molecule has 0 fully saturated rings. The van der Waals surface area contributed by atoms with Gasteiger partial charge in [0.25, 0.3) is 0 Å². The van der Waals surface area contributed by atoms with Gasteiger partial charge in [-0.3, -0.25) is 4.79 Å². The molecule has 0 aliphatic carbocycles. The Morgan fingerprint density at radius 2 is 2.06 bits per heavy atom. The number of aromatic nitrogens is 5. The zero-order valence-corrected chi connectivity index (χ0v) is 18.5. The average molecular weight is 478 g/mol. The number of aryl methyl sites for hydroxylation is 1. The number of nitrogens with one attached hydrogen (secondary N) is 2. The van der Waals surface area contributed by atoms with Crippen molar-refractivity contribution in [3.05, 3.63) is 41.3 Å². The molecule has 34 heavy (non-hydrogen) atoms. The predicted molar refractivity (Wildman–Crippen MR) is 115 cm³/mol. The van der Waals surface area contributed by atoms with E-state index in [-0.39, 0.29) is 31.3 Å². The van der Waals surface area contributed by atoms with E-state index in [2.05, 4.69) is 35.7 Å². The lowest BCUT2D eigenvalue weighted by molar-refractivity contribution is -0.274. The van der Waals surface area contributed by atoms with Crippen LogP contribution >= 0.6 is 0 Å². The summed E-state index contributed by atoms with van der Waals surface area (Å²) in [5.74, 6) is 0.857. The number of fused-ring (bicyclic) bond motifs is 1. The van der Waals surface area contributed by atoms with Crippen LogP contribution < -0.4 is 25.0 Å². The van der Waals surface area contributed by atoms with E-state index in [0.717, 1.165) is 0 Å². The van der Waals surface area contributed by atoms with Gasteiger partial charge in [0.2, 0.25) is 11.9 Å². The lowest BCUT2D eigenvalue weighted by atomic mass is 10.2.